The summed E-state index contributed by atoms with van der Waals surface area (Å²) in [6, 6.07) is 0. The normalized spacial score (nSPS) is 13.4. The zero-order valence-electron chi connectivity index (χ0n) is 5.94. The highest BCUT2D eigenvalue weighted by molar-refractivity contribution is 4.65. The van der Waals surface area contributed by atoms with Crippen molar-refractivity contribution in [3.05, 3.63) is 12.4 Å². The van der Waals surface area contributed by atoms with Gasteiger partial charge in [-0.15, -0.1) is 5.10 Å². The molecular weight excluding hydrogens is 130 g/mol. The molecule has 0 saturated heterocycles. The number of nitrogens with zero attached hydrogens (tertiary/aromatic N) is 3. The number of rotatable bonds is 3. The van der Waals surface area contributed by atoms with Crippen LogP contribution in [0.3, 0.4) is 0 Å². The number of aromatic nitrogens is 3. The number of aliphatic hydroxyl groups excluding tert-OH is 1. The summed E-state index contributed by atoms with van der Waals surface area (Å²) in [5.74, 6) is 0. The zero-order chi connectivity index (χ0) is 7.40. The summed E-state index contributed by atoms with van der Waals surface area (Å²) in [4.78, 5) is 0. The van der Waals surface area contributed by atoms with Gasteiger partial charge in [-0.1, -0.05) is 12.1 Å². The van der Waals surface area contributed by atoms with Crippen LogP contribution in [-0.4, -0.2) is 26.2 Å². The smallest absolute Gasteiger partial charge is 0.0734 e. The molecule has 4 nitrogen and oxygen atoms in total. The van der Waals surface area contributed by atoms with Gasteiger partial charge in [-0.3, -0.25) is 0 Å². The Bertz CT molecular complexity index is 173. The molecule has 0 aliphatic rings. The van der Waals surface area contributed by atoms with E-state index < -0.39 is 0 Å². The Labute approximate surface area is 59.5 Å². The molecule has 0 unspecified atom stereocenters. The van der Waals surface area contributed by atoms with E-state index in [0.717, 1.165) is 6.42 Å². The molecule has 1 aromatic heterocycles. The lowest BCUT2D eigenvalue weighted by Crippen LogP contribution is -2.14. The number of aliphatic hydroxyl groups is 1. The number of hydrogen-bond donors (Lipinski definition) is 1. The number of hydrogen-bond acceptors (Lipinski definition) is 3. The standard InChI is InChI=1S/C6H11N3O/c1-2-6(10)5-9-4-3-7-8-9/h3-4,6,10H,2,5H2,1H3/t6-/m0/s1. The third-order valence-corrected chi connectivity index (χ3v) is 1.34. The van der Waals surface area contributed by atoms with Crippen LogP contribution in [0.4, 0.5) is 0 Å². The van der Waals surface area contributed by atoms with E-state index in [1.807, 2.05) is 6.92 Å². The quantitative estimate of drug-likeness (QED) is 0.647. The predicted molar refractivity (Wildman–Crippen MR) is 36.3 cm³/mol. The van der Waals surface area contributed by atoms with Crippen LogP contribution in [0.25, 0.3) is 0 Å². The first-order valence-corrected chi connectivity index (χ1v) is 3.35. The molecule has 0 spiro atoms. The average Bonchev–Trinajstić information content (AvgIpc) is 2.40. The van der Waals surface area contributed by atoms with Crippen molar-refractivity contribution in [1.82, 2.24) is 15.0 Å². The molecule has 0 aliphatic heterocycles. The summed E-state index contributed by atoms with van der Waals surface area (Å²) in [7, 11) is 0. The summed E-state index contributed by atoms with van der Waals surface area (Å²) in [5.41, 5.74) is 0. The molecule has 0 aliphatic carbocycles. The van der Waals surface area contributed by atoms with Gasteiger partial charge in [0.1, 0.15) is 0 Å². The van der Waals surface area contributed by atoms with Gasteiger partial charge in [0.2, 0.25) is 0 Å². The molecule has 1 aromatic rings. The molecular formula is C6H11N3O. The van der Waals surface area contributed by atoms with Crippen molar-refractivity contribution in [3.8, 4) is 0 Å². The topological polar surface area (TPSA) is 50.9 Å². The van der Waals surface area contributed by atoms with Gasteiger partial charge in [0.05, 0.1) is 18.8 Å². The van der Waals surface area contributed by atoms with Crippen molar-refractivity contribution < 1.29 is 5.11 Å². The van der Waals surface area contributed by atoms with Gasteiger partial charge in [-0.2, -0.15) is 0 Å². The first-order chi connectivity index (χ1) is 4.83. The third-order valence-electron chi connectivity index (χ3n) is 1.34. The minimum absolute atomic E-state index is 0.304. The second-order valence-corrected chi connectivity index (χ2v) is 2.19. The minimum atomic E-state index is -0.304. The highest BCUT2D eigenvalue weighted by atomic mass is 16.3. The van der Waals surface area contributed by atoms with Gasteiger partial charge in [0.25, 0.3) is 0 Å². The molecule has 1 N–H and O–H groups in total. The minimum Gasteiger partial charge on any atom is -0.391 e. The fourth-order valence-corrected chi connectivity index (χ4v) is 0.675. The Morgan fingerprint density at radius 3 is 3.00 bits per heavy atom. The van der Waals surface area contributed by atoms with Gasteiger partial charge < -0.3 is 5.11 Å². The zero-order valence-corrected chi connectivity index (χ0v) is 5.94. The lowest BCUT2D eigenvalue weighted by Gasteiger charge is -2.05. The average molecular weight is 141 g/mol. The Kier molecular flexibility index (Phi) is 2.39. The van der Waals surface area contributed by atoms with E-state index in [2.05, 4.69) is 10.3 Å². The van der Waals surface area contributed by atoms with Gasteiger partial charge in [-0.25, -0.2) is 4.68 Å². The second kappa shape index (κ2) is 3.31. The van der Waals surface area contributed by atoms with Gasteiger partial charge in [0, 0.05) is 6.20 Å². The van der Waals surface area contributed by atoms with Crippen LogP contribution in [0.15, 0.2) is 12.4 Å². The van der Waals surface area contributed by atoms with E-state index >= 15 is 0 Å². The highest BCUT2D eigenvalue weighted by Gasteiger charge is 2.00. The second-order valence-electron chi connectivity index (χ2n) is 2.19. The maximum atomic E-state index is 9.14. The largest absolute Gasteiger partial charge is 0.391 e. The van der Waals surface area contributed by atoms with E-state index in [1.54, 1.807) is 17.1 Å². The first kappa shape index (κ1) is 7.21. The van der Waals surface area contributed by atoms with E-state index in [0.29, 0.717) is 6.54 Å². The molecule has 0 radical (unpaired) electrons. The van der Waals surface area contributed by atoms with E-state index in [4.69, 9.17) is 5.11 Å². The molecule has 1 heterocycles. The Morgan fingerprint density at radius 1 is 1.70 bits per heavy atom. The molecule has 1 atom stereocenters. The molecule has 56 valence electrons. The van der Waals surface area contributed by atoms with Gasteiger partial charge in [0.15, 0.2) is 0 Å². The Balaban J connectivity index is 2.40. The van der Waals surface area contributed by atoms with E-state index in [1.165, 1.54) is 0 Å². The van der Waals surface area contributed by atoms with Crippen LogP contribution >= 0.6 is 0 Å². The summed E-state index contributed by atoms with van der Waals surface area (Å²) in [5, 5.41) is 16.5. The van der Waals surface area contributed by atoms with E-state index in [9.17, 15) is 0 Å². The molecule has 4 heteroatoms. The maximum absolute atomic E-state index is 9.14. The summed E-state index contributed by atoms with van der Waals surface area (Å²) in [6.45, 7) is 2.47. The van der Waals surface area contributed by atoms with E-state index in [-0.39, 0.29) is 6.10 Å². The van der Waals surface area contributed by atoms with Crippen molar-refractivity contribution in [1.29, 1.82) is 0 Å². The van der Waals surface area contributed by atoms with Crippen LogP contribution in [0.2, 0.25) is 0 Å². The Morgan fingerprint density at radius 2 is 2.50 bits per heavy atom. The fourth-order valence-electron chi connectivity index (χ4n) is 0.675. The third kappa shape index (κ3) is 1.80. The summed E-state index contributed by atoms with van der Waals surface area (Å²) < 4.78 is 1.62. The van der Waals surface area contributed by atoms with Crippen LogP contribution in [0, 0.1) is 0 Å². The maximum Gasteiger partial charge on any atom is 0.0734 e. The molecule has 0 saturated carbocycles. The van der Waals surface area contributed by atoms with Gasteiger partial charge in [-0.05, 0) is 6.42 Å². The van der Waals surface area contributed by atoms with Gasteiger partial charge >= 0.3 is 0 Å². The van der Waals surface area contributed by atoms with Crippen molar-refractivity contribution in [2.75, 3.05) is 0 Å². The Hall–Kier alpha value is -0.900. The van der Waals surface area contributed by atoms with Crippen LogP contribution in [0.1, 0.15) is 13.3 Å². The molecule has 0 amide bonds. The monoisotopic (exact) mass is 141 g/mol. The molecule has 0 bridgehead atoms. The molecule has 0 fully saturated rings. The van der Waals surface area contributed by atoms with Crippen molar-refractivity contribution in [3.63, 3.8) is 0 Å². The van der Waals surface area contributed by atoms with Crippen molar-refractivity contribution >= 4 is 0 Å². The van der Waals surface area contributed by atoms with Crippen molar-refractivity contribution in [2.45, 2.75) is 26.0 Å². The molecule has 10 heavy (non-hydrogen) atoms. The van der Waals surface area contributed by atoms with Crippen LogP contribution in [-0.2, 0) is 6.54 Å². The SMILES string of the molecule is CC[C@H](O)Cn1ccnn1. The lowest BCUT2D eigenvalue weighted by atomic mass is 10.3. The first-order valence-electron chi connectivity index (χ1n) is 3.35. The highest BCUT2D eigenvalue weighted by Crippen LogP contribution is 1.92. The predicted octanol–water partition coefficient (Wildman–Crippen LogP) is 0.0490. The summed E-state index contributed by atoms with van der Waals surface area (Å²) in [6.07, 6.45) is 3.78. The van der Waals surface area contributed by atoms with Crippen LogP contribution < -0.4 is 0 Å². The van der Waals surface area contributed by atoms with Crippen molar-refractivity contribution in [2.24, 2.45) is 0 Å². The lowest BCUT2D eigenvalue weighted by molar-refractivity contribution is 0.144. The van der Waals surface area contributed by atoms with Crippen LogP contribution in [0.5, 0.6) is 0 Å². The summed E-state index contributed by atoms with van der Waals surface area (Å²) >= 11 is 0. The fraction of sp³-hybridized carbons (Fsp3) is 0.667. The molecule has 0 aromatic carbocycles. The molecule has 1 rings (SSSR count).